The molecule has 24 heavy (non-hydrogen) atoms. The van der Waals surface area contributed by atoms with Crippen molar-refractivity contribution in [1.29, 1.82) is 0 Å². The zero-order chi connectivity index (χ0) is 16.7. The topological polar surface area (TPSA) is 0 Å². The highest BCUT2D eigenvalue weighted by Gasteiger charge is 2.95. The summed E-state index contributed by atoms with van der Waals surface area (Å²) in [4.78, 5) is 0. The molecule has 0 bridgehead atoms. The smallest absolute Gasteiger partial charge is 0.0184 e. The van der Waals surface area contributed by atoms with Crippen molar-refractivity contribution >= 4 is 0 Å². The third-order valence-corrected chi connectivity index (χ3v) is 7.77. The fourth-order valence-corrected chi connectivity index (χ4v) is 7.04. The molecule has 2 fully saturated rings. The average Bonchev–Trinajstić information content (AvgIpc) is 2.82. The molecule has 2 aromatic rings. The number of hydrogen-bond donors (Lipinski definition) is 0. The minimum Gasteiger partial charge on any atom is -0.0879 e. The van der Waals surface area contributed by atoms with Gasteiger partial charge in [0.2, 0.25) is 0 Å². The first-order valence-electron chi connectivity index (χ1n) is 9.29. The lowest BCUT2D eigenvalue weighted by atomic mass is 9.54. The Morgan fingerprint density at radius 1 is 0.750 bits per heavy atom. The molecule has 2 aromatic carbocycles. The van der Waals surface area contributed by atoms with E-state index in [4.69, 9.17) is 0 Å². The number of hydrogen-bond acceptors (Lipinski definition) is 0. The second-order valence-electron chi connectivity index (χ2n) is 8.77. The van der Waals surface area contributed by atoms with Crippen LogP contribution in [0.5, 0.6) is 0 Å². The standard InChI is InChI=1S/C24H26/c1-16-8-12-18(13-9-16)23-20-6-5-7-21(20)24(23,22(23,3)4)19-14-10-17(2)11-15-19/h5-6,8-15,20-21H,7H2,1-4H3/t20-,21+,23-,24+/m1/s1. The van der Waals surface area contributed by atoms with E-state index in [0.717, 1.165) is 5.92 Å². The summed E-state index contributed by atoms with van der Waals surface area (Å²) in [6.07, 6.45) is 6.20. The predicted octanol–water partition coefficient (Wildman–Crippen LogP) is 5.72. The average molecular weight is 314 g/mol. The monoisotopic (exact) mass is 314 g/mol. The Bertz CT molecular complexity index is 837. The predicted molar refractivity (Wildman–Crippen MR) is 100 cm³/mol. The lowest BCUT2D eigenvalue weighted by Gasteiger charge is -2.48. The molecule has 5 rings (SSSR count). The van der Waals surface area contributed by atoms with E-state index >= 15 is 0 Å². The molecular formula is C24H26. The van der Waals surface area contributed by atoms with Crippen molar-refractivity contribution in [2.75, 3.05) is 0 Å². The van der Waals surface area contributed by atoms with E-state index in [1.54, 1.807) is 11.1 Å². The molecule has 0 heteroatoms. The number of fused-ring (bicyclic) bond motifs is 4. The van der Waals surface area contributed by atoms with Gasteiger partial charge in [-0.05, 0) is 48.6 Å². The fourth-order valence-electron chi connectivity index (χ4n) is 7.04. The zero-order valence-electron chi connectivity index (χ0n) is 15.1. The number of benzene rings is 2. The highest BCUT2D eigenvalue weighted by Crippen LogP contribution is 2.94. The zero-order valence-corrected chi connectivity index (χ0v) is 15.1. The molecule has 0 N–H and O–H groups in total. The van der Waals surface area contributed by atoms with Crippen LogP contribution in [0.3, 0.4) is 0 Å². The lowest BCUT2D eigenvalue weighted by molar-refractivity contribution is 0.145. The van der Waals surface area contributed by atoms with Crippen LogP contribution in [-0.2, 0) is 10.8 Å². The van der Waals surface area contributed by atoms with Crippen LogP contribution in [0.4, 0.5) is 0 Å². The molecule has 4 atom stereocenters. The Labute approximate surface area is 145 Å². The Hall–Kier alpha value is -1.82. The van der Waals surface area contributed by atoms with E-state index in [0.29, 0.717) is 16.7 Å². The van der Waals surface area contributed by atoms with Crippen molar-refractivity contribution in [3.05, 3.63) is 82.9 Å². The van der Waals surface area contributed by atoms with E-state index in [1.165, 1.54) is 17.5 Å². The summed E-state index contributed by atoms with van der Waals surface area (Å²) >= 11 is 0. The maximum absolute atomic E-state index is 2.52. The third-order valence-electron chi connectivity index (χ3n) is 7.77. The third kappa shape index (κ3) is 1.25. The summed E-state index contributed by atoms with van der Waals surface area (Å²) in [7, 11) is 0. The SMILES string of the molecule is Cc1ccc([C@@]23[C@H]4CC=C[C@H]4[C@]2(c2ccc(C)cc2)C3(C)C)cc1. The molecule has 3 aliphatic carbocycles. The molecule has 0 aliphatic heterocycles. The highest BCUT2D eigenvalue weighted by atomic mass is 15.0. The lowest BCUT2D eigenvalue weighted by Crippen LogP contribution is -2.49. The Kier molecular flexibility index (Phi) is 2.56. The molecule has 0 unspecified atom stereocenters. The van der Waals surface area contributed by atoms with Gasteiger partial charge in [0, 0.05) is 10.8 Å². The van der Waals surface area contributed by atoms with E-state index in [-0.39, 0.29) is 5.41 Å². The van der Waals surface area contributed by atoms with Crippen LogP contribution in [0.1, 0.15) is 42.5 Å². The molecule has 0 heterocycles. The number of allylic oxidation sites excluding steroid dienone is 2. The summed E-state index contributed by atoms with van der Waals surface area (Å²) in [6, 6.07) is 18.8. The van der Waals surface area contributed by atoms with Gasteiger partial charge in [-0.3, -0.25) is 0 Å². The Morgan fingerprint density at radius 2 is 1.25 bits per heavy atom. The maximum atomic E-state index is 2.52. The molecule has 0 amide bonds. The van der Waals surface area contributed by atoms with Gasteiger partial charge in [-0.15, -0.1) is 0 Å². The van der Waals surface area contributed by atoms with Crippen LogP contribution < -0.4 is 0 Å². The summed E-state index contributed by atoms with van der Waals surface area (Å²) in [5, 5.41) is 0. The van der Waals surface area contributed by atoms with Gasteiger partial charge < -0.3 is 0 Å². The van der Waals surface area contributed by atoms with Gasteiger partial charge in [0.05, 0.1) is 0 Å². The van der Waals surface area contributed by atoms with Crippen LogP contribution >= 0.6 is 0 Å². The Morgan fingerprint density at radius 3 is 1.79 bits per heavy atom. The second kappa shape index (κ2) is 4.23. The van der Waals surface area contributed by atoms with Gasteiger partial charge in [0.1, 0.15) is 0 Å². The normalized spacial score (nSPS) is 37.5. The number of rotatable bonds is 2. The first kappa shape index (κ1) is 14.5. The van der Waals surface area contributed by atoms with Crippen molar-refractivity contribution < 1.29 is 0 Å². The van der Waals surface area contributed by atoms with Gasteiger partial charge in [0.15, 0.2) is 0 Å². The van der Waals surface area contributed by atoms with E-state index in [9.17, 15) is 0 Å². The van der Waals surface area contributed by atoms with Crippen molar-refractivity contribution in [3.63, 3.8) is 0 Å². The van der Waals surface area contributed by atoms with Crippen LogP contribution in [0, 0.1) is 31.1 Å². The molecule has 3 aliphatic rings. The van der Waals surface area contributed by atoms with Crippen LogP contribution in [0.25, 0.3) is 0 Å². The molecule has 0 nitrogen and oxygen atoms in total. The van der Waals surface area contributed by atoms with Crippen molar-refractivity contribution in [2.24, 2.45) is 17.3 Å². The minimum absolute atomic E-state index is 0.278. The maximum Gasteiger partial charge on any atom is 0.0184 e. The summed E-state index contributed by atoms with van der Waals surface area (Å²) in [5.74, 6) is 1.48. The van der Waals surface area contributed by atoms with Gasteiger partial charge in [-0.1, -0.05) is 85.7 Å². The van der Waals surface area contributed by atoms with Crippen LogP contribution in [0.15, 0.2) is 60.7 Å². The van der Waals surface area contributed by atoms with Crippen molar-refractivity contribution in [2.45, 2.75) is 44.9 Å². The highest BCUT2D eigenvalue weighted by molar-refractivity contribution is 5.66. The van der Waals surface area contributed by atoms with Gasteiger partial charge in [-0.25, -0.2) is 0 Å². The molecular weight excluding hydrogens is 288 g/mol. The number of aryl methyl sites for hydroxylation is 2. The quantitative estimate of drug-likeness (QED) is 0.621. The van der Waals surface area contributed by atoms with Crippen LogP contribution in [0.2, 0.25) is 0 Å². The first-order valence-corrected chi connectivity index (χ1v) is 9.29. The Balaban J connectivity index is 1.74. The van der Waals surface area contributed by atoms with Crippen molar-refractivity contribution in [3.8, 4) is 0 Å². The molecule has 2 saturated carbocycles. The first-order chi connectivity index (χ1) is 11.5. The van der Waals surface area contributed by atoms with E-state index in [2.05, 4.69) is 88.4 Å². The summed E-state index contributed by atoms with van der Waals surface area (Å²) in [5.41, 5.74) is 6.71. The molecule has 122 valence electrons. The van der Waals surface area contributed by atoms with Gasteiger partial charge in [-0.2, -0.15) is 0 Å². The molecule has 0 aromatic heterocycles. The van der Waals surface area contributed by atoms with E-state index < -0.39 is 0 Å². The van der Waals surface area contributed by atoms with Crippen LogP contribution in [-0.4, -0.2) is 0 Å². The van der Waals surface area contributed by atoms with Gasteiger partial charge in [0.25, 0.3) is 0 Å². The molecule has 0 saturated heterocycles. The molecule has 0 spiro atoms. The molecule has 0 radical (unpaired) electrons. The summed E-state index contributed by atoms with van der Waals surface area (Å²) in [6.45, 7) is 9.40. The van der Waals surface area contributed by atoms with E-state index in [1.807, 2.05) is 0 Å². The van der Waals surface area contributed by atoms with Gasteiger partial charge >= 0.3 is 0 Å². The fraction of sp³-hybridized carbons (Fsp3) is 0.417. The minimum atomic E-state index is 0.278. The van der Waals surface area contributed by atoms with Crippen molar-refractivity contribution in [1.82, 2.24) is 0 Å². The second-order valence-corrected chi connectivity index (χ2v) is 8.77. The summed E-state index contributed by atoms with van der Waals surface area (Å²) < 4.78 is 0. The largest absolute Gasteiger partial charge is 0.0879 e.